The van der Waals surface area contributed by atoms with Crippen molar-refractivity contribution in [1.82, 2.24) is 14.3 Å². The van der Waals surface area contributed by atoms with E-state index in [0.29, 0.717) is 22.0 Å². The van der Waals surface area contributed by atoms with Gasteiger partial charge in [0.15, 0.2) is 11.0 Å². The SMILES string of the molecule is O=S(Nc1ncns1)c1ccc2c(c1)C(F)(F)CCC2N1CCCCC1. The van der Waals surface area contributed by atoms with Crippen molar-refractivity contribution in [2.45, 2.75) is 49.0 Å². The summed E-state index contributed by atoms with van der Waals surface area (Å²) in [6.45, 7) is 1.92. The molecule has 1 aliphatic heterocycles. The molecule has 1 aromatic heterocycles. The second-order valence-corrected chi connectivity index (χ2v) is 8.71. The molecule has 2 aromatic rings. The van der Waals surface area contributed by atoms with Gasteiger partial charge in [0.1, 0.15) is 6.33 Å². The van der Waals surface area contributed by atoms with Crippen molar-refractivity contribution in [1.29, 1.82) is 0 Å². The largest absolute Gasteiger partial charge is 0.296 e. The molecule has 1 N–H and O–H groups in total. The van der Waals surface area contributed by atoms with Gasteiger partial charge in [-0.05, 0) is 50.0 Å². The molecule has 2 aliphatic rings. The molecule has 4 rings (SSSR count). The summed E-state index contributed by atoms with van der Waals surface area (Å²) in [7, 11) is -1.65. The molecule has 26 heavy (non-hydrogen) atoms. The quantitative estimate of drug-likeness (QED) is 0.843. The highest BCUT2D eigenvalue weighted by molar-refractivity contribution is 7.86. The summed E-state index contributed by atoms with van der Waals surface area (Å²) < 4.78 is 48.2. The minimum absolute atomic E-state index is 0.0178. The summed E-state index contributed by atoms with van der Waals surface area (Å²) in [6, 6.07) is 4.84. The Morgan fingerprint density at radius 2 is 2.08 bits per heavy atom. The number of halogens is 2. The lowest BCUT2D eigenvalue weighted by molar-refractivity contribution is -0.0368. The van der Waals surface area contributed by atoms with Crippen LogP contribution in [0.2, 0.25) is 0 Å². The number of alkyl halides is 2. The van der Waals surface area contributed by atoms with E-state index >= 15 is 0 Å². The Morgan fingerprint density at radius 3 is 2.81 bits per heavy atom. The highest BCUT2D eigenvalue weighted by atomic mass is 32.2. The molecular formula is C17H20F2N4OS2. The number of piperidine rings is 1. The van der Waals surface area contributed by atoms with E-state index in [0.717, 1.165) is 37.5 Å². The number of benzene rings is 1. The van der Waals surface area contributed by atoms with Crippen molar-refractivity contribution in [3.63, 3.8) is 0 Å². The average molecular weight is 399 g/mol. The first-order valence-electron chi connectivity index (χ1n) is 8.76. The van der Waals surface area contributed by atoms with Gasteiger partial charge in [0.05, 0.1) is 4.90 Å². The van der Waals surface area contributed by atoms with E-state index in [-0.39, 0.29) is 18.0 Å². The van der Waals surface area contributed by atoms with E-state index in [2.05, 4.69) is 19.0 Å². The molecule has 2 unspecified atom stereocenters. The van der Waals surface area contributed by atoms with Crippen molar-refractivity contribution in [2.24, 2.45) is 0 Å². The Kier molecular flexibility index (Phi) is 5.02. The molecule has 1 aromatic carbocycles. The molecule has 5 nitrogen and oxygen atoms in total. The van der Waals surface area contributed by atoms with Crippen LogP contribution < -0.4 is 4.72 Å². The molecule has 0 bridgehead atoms. The molecule has 1 aliphatic carbocycles. The van der Waals surface area contributed by atoms with Crippen LogP contribution in [0.25, 0.3) is 0 Å². The van der Waals surface area contributed by atoms with E-state index in [4.69, 9.17) is 0 Å². The first-order valence-corrected chi connectivity index (χ1v) is 10.7. The van der Waals surface area contributed by atoms with Crippen LogP contribution in [0.4, 0.5) is 13.9 Å². The first-order chi connectivity index (χ1) is 12.5. The lowest BCUT2D eigenvalue weighted by Gasteiger charge is -2.40. The lowest BCUT2D eigenvalue weighted by Crippen LogP contribution is -2.38. The van der Waals surface area contributed by atoms with Crippen LogP contribution in [-0.2, 0) is 16.9 Å². The van der Waals surface area contributed by atoms with E-state index < -0.39 is 16.9 Å². The molecule has 0 amide bonds. The minimum atomic E-state index is -2.88. The van der Waals surface area contributed by atoms with E-state index in [1.165, 1.54) is 18.8 Å². The maximum atomic E-state index is 14.6. The number of fused-ring (bicyclic) bond motifs is 1. The summed E-state index contributed by atoms with van der Waals surface area (Å²) in [5, 5.41) is 0.402. The zero-order chi connectivity index (χ0) is 18.1. The highest BCUT2D eigenvalue weighted by Crippen LogP contribution is 2.47. The number of anilines is 1. The third kappa shape index (κ3) is 3.52. The molecular weight excluding hydrogens is 378 g/mol. The second kappa shape index (κ2) is 7.28. The summed E-state index contributed by atoms with van der Waals surface area (Å²) in [5.74, 6) is -2.88. The summed E-state index contributed by atoms with van der Waals surface area (Å²) in [6.07, 6.45) is 5.11. The monoisotopic (exact) mass is 398 g/mol. The van der Waals surface area contributed by atoms with Gasteiger partial charge in [-0.3, -0.25) is 9.62 Å². The topological polar surface area (TPSA) is 58.1 Å². The van der Waals surface area contributed by atoms with Gasteiger partial charge in [-0.25, -0.2) is 18.0 Å². The predicted molar refractivity (Wildman–Crippen MR) is 97.7 cm³/mol. The Bertz CT molecular complexity index is 794. The van der Waals surface area contributed by atoms with Crippen LogP contribution >= 0.6 is 11.5 Å². The van der Waals surface area contributed by atoms with Crippen LogP contribution in [0, 0.1) is 0 Å². The van der Waals surface area contributed by atoms with E-state index in [9.17, 15) is 13.0 Å². The Morgan fingerprint density at radius 1 is 1.27 bits per heavy atom. The van der Waals surface area contributed by atoms with Crippen molar-refractivity contribution in [2.75, 3.05) is 17.8 Å². The average Bonchev–Trinajstić information content (AvgIpc) is 3.15. The molecule has 0 radical (unpaired) electrons. The molecule has 1 saturated heterocycles. The molecule has 9 heteroatoms. The fraction of sp³-hybridized carbons (Fsp3) is 0.529. The minimum Gasteiger partial charge on any atom is -0.296 e. The number of nitrogens with zero attached hydrogens (tertiary/aromatic N) is 3. The Labute approximate surface area is 157 Å². The lowest BCUT2D eigenvalue weighted by atomic mass is 9.83. The van der Waals surface area contributed by atoms with Crippen LogP contribution in [0.5, 0.6) is 0 Å². The molecule has 0 spiro atoms. The number of nitrogens with one attached hydrogen (secondary N) is 1. The fourth-order valence-corrected chi connectivity index (χ4v) is 5.24. The number of likely N-dealkylation sites (tertiary alicyclic amines) is 1. The Balaban J connectivity index is 1.64. The second-order valence-electron chi connectivity index (χ2n) is 6.72. The van der Waals surface area contributed by atoms with Gasteiger partial charge in [0.25, 0.3) is 5.92 Å². The first kappa shape index (κ1) is 17.9. The third-order valence-corrected chi connectivity index (χ3v) is 6.87. The number of aromatic nitrogens is 2. The van der Waals surface area contributed by atoms with Crippen molar-refractivity contribution in [3.05, 3.63) is 35.7 Å². The third-order valence-electron chi connectivity index (χ3n) is 5.10. The van der Waals surface area contributed by atoms with Crippen LogP contribution in [0.3, 0.4) is 0 Å². The standard InChI is InChI=1S/C17H20F2N4OS2/c18-17(19)7-6-15(23-8-2-1-3-9-23)13-5-4-12(10-14(13)17)26(24)22-16-20-11-21-25-16/h4-5,10-11,15H,1-3,6-9H2,(H,20,21,22). The van der Waals surface area contributed by atoms with Gasteiger partial charge in [-0.2, -0.15) is 4.37 Å². The Hall–Kier alpha value is -1.45. The molecule has 140 valence electrons. The normalized spacial score (nSPS) is 24.0. The zero-order valence-electron chi connectivity index (χ0n) is 14.2. The molecule has 0 saturated carbocycles. The number of hydrogen-bond acceptors (Lipinski definition) is 5. The predicted octanol–water partition coefficient (Wildman–Crippen LogP) is 4.09. The smallest absolute Gasteiger partial charge is 0.273 e. The summed E-state index contributed by atoms with van der Waals surface area (Å²) >= 11 is 1.07. The zero-order valence-corrected chi connectivity index (χ0v) is 15.8. The molecule has 2 atom stereocenters. The van der Waals surface area contributed by atoms with Crippen molar-refractivity contribution < 1.29 is 13.0 Å². The van der Waals surface area contributed by atoms with Crippen molar-refractivity contribution in [3.8, 4) is 0 Å². The summed E-state index contributed by atoms with van der Waals surface area (Å²) in [4.78, 5) is 6.58. The highest BCUT2D eigenvalue weighted by Gasteiger charge is 2.42. The van der Waals surface area contributed by atoms with E-state index in [1.807, 2.05) is 0 Å². The van der Waals surface area contributed by atoms with Crippen LogP contribution in [0.15, 0.2) is 29.4 Å². The molecule has 1 fully saturated rings. The molecule has 2 heterocycles. The van der Waals surface area contributed by atoms with Crippen LogP contribution in [-0.4, -0.2) is 31.6 Å². The van der Waals surface area contributed by atoms with Gasteiger partial charge in [0, 0.05) is 29.6 Å². The van der Waals surface area contributed by atoms with Gasteiger partial charge in [-0.1, -0.05) is 12.5 Å². The number of hydrogen-bond donors (Lipinski definition) is 1. The van der Waals surface area contributed by atoms with Gasteiger partial charge in [0.2, 0.25) is 5.13 Å². The maximum Gasteiger partial charge on any atom is 0.273 e. The fourth-order valence-electron chi connectivity index (χ4n) is 3.83. The summed E-state index contributed by atoms with van der Waals surface area (Å²) in [5.41, 5.74) is 0.698. The van der Waals surface area contributed by atoms with Gasteiger partial charge < -0.3 is 0 Å². The number of rotatable bonds is 4. The van der Waals surface area contributed by atoms with Crippen molar-refractivity contribution >= 4 is 27.6 Å². The maximum absolute atomic E-state index is 14.6. The van der Waals surface area contributed by atoms with E-state index in [1.54, 1.807) is 12.1 Å². The van der Waals surface area contributed by atoms with Crippen LogP contribution in [0.1, 0.15) is 49.3 Å². The van der Waals surface area contributed by atoms with Gasteiger partial charge in [-0.15, -0.1) is 0 Å². The van der Waals surface area contributed by atoms with Gasteiger partial charge >= 0.3 is 0 Å².